The molecule has 0 N–H and O–H groups in total. The Labute approximate surface area is 211 Å². The molecule has 0 unspecified atom stereocenters. The van der Waals surface area contributed by atoms with Crippen molar-refractivity contribution in [2.75, 3.05) is 13.2 Å². The highest BCUT2D eigenvalue weighted by Crippen LogP contribution is 2.28. The van der Waals surface area contributed by atoms with E-state index in [1.165, 1.54) is 0 Å². The van der Waals surface area contributed by atoms with Gasteiger partial charge in [-0.15, -0.1) is 0 Å². The minimum atomic E-state index is -1.07. The topological polar surface area (TPSA) is 70.8 Å². The highest BCUT2D eigenvalue weighted by atomic mass is 16.6. The van der Waals surface area contributed by atoms with Gasteiger partial charge in [-0.25, -0.2) is 9.78 Å². The molecular weight excluding hydrogens is 454 g/mol. The molecule has 4 aromatic rings. The molecule has 6 heteroatoms. The lowest BCUT2D eigenvalue weighted by Gasteiger charge is -2.24. The molecule has 0 amide bonds. The lowest BCUT2D eigenvalue weighted by atomic mass is 10.0. The molecule has 6 nitrogen and oxygen atoms in total. The Morgan fingerprint density at radius 2 is 1.56 bits per heavy atom. The lowest BCUT2D eigenvalue weighted by Crippen LogP contribution is -2.39. The molecule has 0 radical (unpaired) electrons. The van der Waals surface area contributed by atoms with E-state index in [9.17, 15) is 4.79 Å². The van der Waals surface area contributed by atoms with Gasteiger partial charge in [0, 0.05) is 12.0 Å². The summed E-state index contributed by atoms with van der Waals surface area (Å²) in [7, 11) is 0. The van der Waals surface area contributed by atoms with E-state index < -0.39 is 11.6 Å². The van der Waals surface area contributed by atoms with Crippen molar-refractivity contribution in [1.29, 1.82) is 0 Å². The van der Waals surface area contributed by atoms with Gasteiger partial charge in [-0.05, 0) is 75.2 Å². The van der Waals surface area contributed by atoms with Crippen molar-refractivity contribution in [3.8, 4) is 34.1 Å². The van der Waals surface area contributed by atoms with Gasteiger partial charge in [0.1, 0.15) is 17.3 Å². The van der Waals surface area contributed by atoms with Gasteiger partial charge < -0.3 is 18.6 Å². The van der Waals surface area contributed by atoms with E-state index in [1.54, 1.807) is 32.9 Å². The van der Waals surface area contributed by atoms with Crippen molar-refractivity contribution >= 4 is 5.97 Å². The predicted octanol–water partition coefficient (Wildman–Crippen LogP) is 6.66. The maximum atomic E-state index is 12.0. The van der Waals surface area contributed by atoms with Gasteiger partial charge in [-0.3, -0.25) is 0 Å². The maximum Gasteiger partial charge on any atom is 0.349 e. The van der Waals surface area contributed by atoms with Gasteiger partial charge in [-0.2, -0.15) is 0 Å². The fourth-order valence-electron chi connectivity index (χ4n) is 3.76. The fourth-order valence-corrected chi connectivity index (χ4v) is 3.76. The largest absolute Gasteiger partial charge is 0.493 e. The summed E-state index contributed by atoms with van der Waals surface area (Å²) in [4.78, 5) is 16.7. The summed E-state index contributed by atoms with van der Waals surface area (Å²) in [5.41, 5.74) is 3.00. The second kappa shape index (κ2) is 11.1. The third-order valence-electron chi connectivity index (χ3n) is 5.68. The van der Waals surface area contributed by atoms with Crippen LogP contribution >= 0.6 is 0 Å². The van der Waals surface area contributed by atoms with E-state index in [2.05, 4.69) is 24.3 Å². The minimum Gasteiger partial charge on any atom is -0.493 e. The van der Waals surface area contributed by atoms with Crippen molar-refractivity contribution in [2.45, 2.75) is 39.7 Å². The molecule has 186 valence electrons. The zero-order chi connectivity index (χ0) is 25.5. The molecule has 4 rings (SSSR count). The van der Waals surface area contributed by atoms with Gasteiger partial charge in [0.25, 0.3) is 0 Å². The molecule has 0 spiro atoms. The number of hydrogen-bond donors (Lipinski definition) is 0. The first-order chi connectivity index (χ1) is 17.4. The van der Waals surface area contributed by atoms with Gasteiger partial charge >= 0.3 is 5.97 Å². The standard InChI is InChI=1S/C30H31NO5/c1-5-33-29(32)30(3,4)36-26-16-14-25(15-17-26)34-19-18-27-21(2)35-28(31-27)24-13-9-12-23(20-24)22-10-7-6-8-11-22/h6-17,20H,5,18-19H2,1-4H3. The number of rotatable bonds is 10. The van der Waals surface area contributed by atoms with Crippen LogP contribution in [0.3, 0.4) is 0 Å². The molecule has 1 aromatic heterocycles. The van der Waals surface area contributed by atoms with E-state index in [0.717, 1.165) is 28.1 Å². The summed E-state index contributed by atoms with van der Waals surface area (Å²) in [5.74, 6) is 2.25. The van der Waals surface area contributed by atoms with Crippen LogP contribution in [0.4, 0.5) is 0 Å². The van der Waals surface area contributed by atoms with Crippen molar-refractivity contribution < 1.29 is 23.4 Å². The number of oxazole rings is 1. The average Bonchev–Trinajstić information content (AvgIpc) is 3.26. The lowest BCUT2D eigenvalue weighted by molar-refractivity contribution is -0.158. The highest BCUT2D eigenvalue weighted by molar-refractivity contribution is 5.79. The summed E-state index contributed by atoms with van der Waals surface area (Å²) in [5, 5.41) is 0. The van der Waals surface area contributed by atoms with Crippen LogP contribution in [0.5, 0.6) is 11.5 Å². The summed E-state index contributed by atoms with van der Waals surface area (Å²) in [6.45, 7) is 7.81. The van der Waals surface area contributed by atoms with E-state index in [0.29, 0.717) is 37.0 Å². The number of ether oxygens (including phenoxy) is 3. The molecule has 0 aliphatic rings. The van der Waals surface area contributed by atoms with Crippen LogP contribution in [0.25, 0.3) is 22.6 Å². The van der Waals surface area contributed by atoms with E-state index in [1.807, 2.05) is 49.4 Å². The number of nitrogens with zero attached hydrogens (tertiary/aromatic N) is 1. The normalized spacial score (nSPS) is 11.2. The first-order valence-electron chi connectivity index (χ1n) is 12.1. The zero-order valence-corrected chi connectivity index (χ0v) is 21.1. The van der Waals surface area contributed by atoms with E-state index in [4.69, 9.17) is 23.6 Å². The SMILES string of the molecule is CCOC(=O)C(C)(C)Oc1ccc(OCCc2nc(-c3cccc(-c4ccccc4)c3)oc2C)cc1. The molecule has 0 aliphatic carbocycles. The van der Waals surface area contributed by atoms with Crippen molar-refractivity contribution in [3.63, 3.8) is 0 Å². The summed E-state index contributed by atoms with van der Waals surface area (Å²) < 4.78 is 22.7. The fraction of sp³-hybridized carbons (Fsp3) is 0.267. The summed E-state index contributed by atoms with van der Waals surface area (Å²) >= 11 is 0. The number of hydrogen-bond acceptors (Lipinski definition) is 6. The van der Waals surface area contributed by atoms with Crippen molar-refractivity contribution in [3.05, 3.63) is 90.3 Å². The van der Waals surface area contributed by atoms with Crippen LogP contribution in [0.1, 0.15) is 32.2 Å². The molecular formula is C30H31NO5. The average molecular weight is 486 g/mol. The van der Waals surface area contributed by atoms with E-state index in [-0.39, 0.29) is 0 Å². The zero-order valence-electron chi connectivity index (χ0n) is 21.1. The van der Waals surface area contributed by atoms with Gasteiger partial charge in [-0.1, -0.05) is 42.5 Å². The monoisotopic (exact) mass is 485 g/mol. The van der Waals surface area contributed by atoms with Crippen LogP contribution in [0.2, 0.25) is 0 Å². The Bertz CT molecular complexity index is 1290. The van der Waals surface area contributed by atoms with Crippen LogP contribution in [0, 0.1) is 6.92 Å². The Morgan fingerprint density at radius 1 is 0.889 bits per heavy atom. The Morgan fingerprint density at radius 3 is 2.28 bits per heavy atom. The van der Waals surface area contributed by atoms with Crippen molar-refractivity contribution in [2.24, 2.45) is 0 Å². The number of aryl methyl sites for hydroxylation is 1. The van der Waals surface area contributed by atoms with Crippen LogP contribution in [0.15, 0.2) is 83.3 Å². The molecule has 0 fully saturated rings. The molecule has 0 saturated heterocycles. The van der Waals surface area contributed by atoms with Gasteiger partial charge in [0.2, 0.25) is 5.89 Å². The molecule has 1 heterocycles. The quantitative estimate of drug-likeness (QED) is 0.234. The van der Waals surface area contributed by atoms with Crippen LogP contribution in [-0.4, -0.2) is 29.8 Å². The molecule has 3 aromatic carbocycles. The number of esters is 1. The first kappa shape index (κ1) is 25.0. The molecule has 36 heavy (non-hydrogen) atoms. The third kappa shape index (κ3) is 6.13. The number of carbonyl (C=O) groups excluding carboxylic acids is 1. The van der Waals surface area contributed by atoms with Crippen LogP contribution < -0.4 is 9.47 Å². The molecule has 0 bridgehead atoms. The van der Waals surface area contributed by atoms with Crippen LogP contribution in [-0.2, 0) is 16.0 Å². The third-order valence-corrected chi connectivity index (χ3v) is 5.68. The molecule has 0 aliphatic heterocycles. The highest BCUT2D eigenvalue weighted by Gasteiger charge is 2.31. The number of carbonyl (C=O) groups is 1. The van der Waals surface area contributed by atoms with E-state index >= 15 is 0 Å². The number of benzene rings is 3. The second-order valence-electron chi connectivity index (χ2n) is 8.87. The Balaban J connectivity index is 1.35. The maximum absolute atomic E-state index is 12.0. The Hall–Kier alpha value is -4.06. The molecule has 0 saturated carbocycles. The van der Waals surface area contributed by atoms with Crippen molar-refractivity contribution in [1.82, 2.24) is 4.98 Å². The predicted molar refractivity (Wildman–Crippen MR) is 139 cm³/mol. The van der Waals surface area contributed by atoms with Gasteiger partial charge in [0.05, 0.1) is 18.9 Å². The summed E-state index contributed by atoms with van der Waals surface area (Å²) in [6.07, 6.45) is 0.613. The van der Waals surface area contributed by atoms with Gasteiger partial charge in [0.15, 0.2) is 5.60 Å². The minimum absolute atomic E-state index is 0.310. The second-order valence-corrected chi connectivity index (χ2v) is 8.87. The number of aromatic nitrogens is 1. The Kier molecular flexibility index (Phi) is 7.74. The summed E-state index contributed by atoms with van der Waals surface area (Å²) in [6, 6.07) is 25.6. The smallest absolute Gasteiger partial charge is 0.349 e. The first-order valence-corrected chi connectivity index (χ1v) is 12.1. The molecule has 0 atom stereocenters.